The molecule has 6 nitrogen and oxygen atoms in total. The zero-order chi connectivity index (χ0) is 17.6. The predicted molar refractivity (Wildman–Crippen MR) is 93.9 cm³/mol. The first kappa shape index (κ1) is 16.5. The van der Waals surface area contributed by atoms with Crippen LogP contribution in [0.2, 0.25) is 0 Å². The molecule has 1 N–H and O–H groups in total. The highest BCUT2D eigenvalue weighted by Crippen LogP contribution is 2.24. The maximum Gasteiger partial charge on any atom is 0.250 e. The lowest BCUT2D eigenvalue weighted by atomic mass is 10.0. The van der Waals surface area contributed by atoms with Gasteiger partial charge >= 0.3 is 0 Å². The van der Waals surface area contributed by atoms with Gasteiger partial charge in [0, 0.05) is 17.1 Å². The van der Waals surface area contributed by atoms with Crippen LogP contribution in [-0.2, 0) is 4.79 Å². The first-order valence-electron chi connectivity index (χ1n) is 7.35. The van der Waals surface area contributed by atoms with Crippen molar-refractivity contribution < 1.29 is 9.59 Å². The lowest BCUT2D eigenvalue weighted by Crippen LogP contribution is -2.29. The van der Waals surface area contributed by atoms with Crippen LogP contribution in [0.4, 0.5) is 5.82 Å². The number of rotatable bonds is 5. The van der Waals surface area contributed by atoms with Crippen LogP contribution < -0.4 is 5.32 Å². The van der Waals surface area contributed by atoms with E-state index in [2.05, 4.69) is 15.3 Å². The van der Waals surface area contributed by atoms with E-state index in [1.165, 1.54) is 17.5 Å². The Morgan fingerprint density at radius 1 is 1.12 bits per heavy atom. The molecule has 122 valence electrons. The normalized spacial score (nSPS) is 11.3. The van der Waals surface area contributed by atoms with Crippen LogP contribution in [0.5, 0.6) is 0 Å². The minimum Gasteiger partial charge on any atom is -0.309 e. The molecule has 0 saturated carbocycles. The third-order valence-corrected chi connectivity index (χ3v) is 4.24. The fourth-order valence-electron chi connectivity index (χ4n) is 2.12. The molecule has 0 aliphatic rings. The molecular weight excluding hydrogens is 336 g/mol. The van der Waals surface area contributed by atoms with E-state index in [0.29, 0.717) is 5.01 Å². The number of benzene rings is 1. The van der Waals surface area contributed by atoms with Crippen LogP contribution >= 0.6 is 11.3 Å². The maximum absolute atomic E-state index is 12.5. The molecule has 0 bridgehead atoms. The quantitative estimate of drug-likeness (QED) is 0.564. The van der Waals surface area contributed by atoms with E-state index in [9.17, 15) is 14.9 Å². The van der Waals surface area contributed by atoms with Crippen LogP contribution in [0.3, 0.4) is 0 Å². The molecule has 0 radical (unpaired) electrons. The number of nitriles is 1. The van der Waals surface area contributed by atoms with E-state index in [4.69, 9.17) is 0 Å². The highest BCUT2D eigenvalue weighted by Gasteiger charge is 2.29. The number of amides is 1. The van der Waals surface area contributed by atoms with Gasteiger partial charge in [-0.25, -0.2) is 9.97 Å². The fraction of sp³-hybridized carbons (Fsp3) is 0.0556. The van der Waals surface area contributed by atoms with E-state index >= 15 is 0 Å². The summed E-state index contributed by atoms with van der Waals surface area (Å²) in [4.78, 5) is 32.9. The summed E-state index contributed by atoms with van der Waals surface area (Å²) >= 11 is 1.29. The highest BCUT2D eigenvalue weighted by atomic mass is 32.1. The Bertz CT molecular complexity index is 932. The number of nitrogens with zero attached hydrogens (tertiary/aromatic N) is 3. The number of pyridine rings is 1. The number of carbonyl (C=O) groups is 2. The first-order valence-corrected chi connectivity index (χ1v) is 8.23. The van der Waals surface area contributed by atoms with Crippen LogP contribution in [0.25, 0.3) is 10.6 Å². The van der Waals surface area contributed by atoms with E-state index in [0.717, 1.165) is 5.56 Å². The van der Waals surface area contributed by atoms with Crippen molar-refractivity contribution in [2.45, 2.75) is 0 Å². The number of thiazole rings is 1. The summed E-state index contributed by atoms with van der Waals surface area (Å²) in [5.74, 6) is -2.55. The smallest absolute Gasteiger partial charge is 0.250 e. The lowest BCUT2D eigenvalue weighted by Gasteiger charge is -2.07. The van der Waals surface area contributed by atoms with Crippen molar-refractivity contribution in [3.8, 4) is 16.6 Å². The second kappa shape index (κ2) is 7.47. The highest BCUT2D eigenvalue weighted by molar-refractivity contribution is 7.13. The van der Waals surface area contributed by atoms with Crippen molar-refractivity contribution in [3.63, 3.8) is 0 Å². The summed E-state index contributed by atoms with van der Waals surface area (Å²) in [6.07, 6.45) is 1.51. The number of anilines is 1. The Balaban J connectivity index is 1.78. The van der Waals surface area contributed by atoms with Gasteiger partial charge < -0.3 is 5.32 Å². The van der Waals surface area contributed by atoms with Gasteiger partial charge in [0.2, 0.25) is 5.78 Å². The summed E-state index contributed by atoms with van der Waals surface area (Å²) < 4.78 is 0. The molecule has 0 fully saturated rings. The summed E-state index contributed by atoms with van der Waals surface area (Å²) in [5, 5.41) is 13.9. The van der Waals surface area contributed by atoms with E-state index in [1.54, 1.807) is 29.6 Å². The van der Waals surface area contributed by atoms with Gasteiger partial charge in [0.15, 0.2) is 5.92 Å². The van der Waals surface area contributed by atoms with Crippen molar-refractivity contribution in [2.75, 3.05) is 5.32 Å². The molecule has 0 aliphatic heterocycles. The van der Waals surface area contributed by atoms with E-state index in [1.807, 2.05) is 30.3 Å². The van der Waals surface area contributed by atoms with E-state index in [-0.39, 0.29) is 11.5 Å². The van der Waals surface area contributed by atoms with Crippen LogP contribution in [0.1, 0.15) is 10.5 Å². The number of Topliss-reactive ketones (excluding diaryl/α,β-unsaturated/α-hetero) is 1. The number of ketones is 1. The van der Waals surface area contributed by atoms with E-state index < -0.39 is 17.6 Å². The third-order valence-electron chi connectivity index (χ3n) is 3.35. The van der Waals surface area contributed by atoms with Gasteiger partial charge in [-0.2, -0.15) is 5.26 Å². The number of carbonyl (C=O) groups excluding carboxylic acids is 2. The third kappa shape index (κ3) is 3.76. The zero-order valence-corrected chi connectivity index (χ0v) is 13.7. The zero-order valence-electron chi connectivity index (χ0n) is 12.9. The Hall–Kier alpha value is -3.37. The number of hydrogen-bond donors (Lipinski definition) is 1. The maximum atomic E-state index is 12.5. The van der Waals surface area contributed by atoms with Crippen molar-refractivity contribution >= 4 is 28.8 Å². The minimum absolute atomic E-state index is 0.103. The standard InChI is InChI=1S/C18H12N4O2S/c19-10-13(17(24)22-15-8-4-5-9-20-15)16(23)14-11-25-18(21-14)12-6-2-1-3-7-12/h1-9,11,13H,(H,20,22,24)/t13-/m0/s1. The summed E-state index contributed by atoms with van der Waals surface area (Å²) in [6.45, 7) is 0. The Morgan fingerprint density at radius 3 is 2.56 bits per heavy atom. The summed E-state index contributed by atoms with van der Waals surface area (Å²) in [7, 11) is 0. The molecule has 0 aliphatic carbocycles. The molecule has 25 heavy (non-hydrogen) atoms. The molecule has 3 rings (SSSR count). The average molecular weight is 348 g/mol. The van der Waals surface area contributed by atoms with Crippen LogP contribution in [-0.4, -0.2) is 21.7 Å². The molecular formula is C18H12N4O2S. The van der Waals surface area contributed by atoms with Gasteiger partial charge in [-0.15, -0.1) is 11.3 Å². The minimum atomic E-state index is -1.48. The number of hydrogen-bond acceptors (Lipinski definition) is 6. The predicted octanol–water partition coefficient (Wildman–Crippen LogP) is 3.17. The lowest BCUT2D eigenvalue weighted by molar-refractivity contribution is -0.117. The van der Waals surface area contributed by atoms with Gasteiger partial charge in [-0.1, -0.05) is 36.4 Å². The van der Waals surface area contributed by atoms with Gasteiger partial charge in [0.1, 0.15) is 16.5 Å². The Morgan fingerprint density at radius 2 is 1.88 bits per heavy atom. The fourth-order valence-corrected chi connectivity index (χ4v) is 2.93. The van der Waals surface area contributed by atoms with Gasteiger partial charge in [-0.3, -0.25) is 9.59 Å². The second-order valence-corrected chi connectivity index (χ2v) is 5.89. The molecule has 2 heterocycles. The molecule has 3 aromatic rings. The molecule has 1 amide bonds. The van der Waals surface area contributed by atoms with Gasteiger partial charge in [0.25, 0.3) is 5.91 Å². The SMILES string of the molecule is N#C[C@H](C(=O)Nc1ccccn1)C(=O)c1csc(-c2ccccc2)n1. The topological polar surface area (TPSA) is 95.7 Å². The largest absolute Gasteiger partial charge is 0.309 e. The van der Waals surface area contributed by atoms with Crippen molar-refractivity contribution in [2.24, 2.45) is 5.92 Å². The van der Waals surface area contributed by atoms with Gasteiger partial charge in [0.05, 0.1) is 6.07 Å². The van der Waals surface area contributed by atoms with Crippen molar-refractivity contribution in [1.29, 1.82) is 5.26 Å². The Kier molecular flexibility index (Phi) is 4.92. The molecule has 1 aromatic carbocycles. The Labute approximate surface area is 147 Å². The summed E-state index contributed by atoms with van der Waals surface area (Å²) in [5.41, 5.74) is 0.976. The number of aromatic nitrogens is 2. The van der Waals surface area contributed by atoms with Crippen molar-refractivity contribution in [1.82, 2.24) is 9.97 Å². The van der Waals surface area contributed by atoms with Crippen molar-refractivity contribution in [3.05, 3.63) is 65.8 Å². The van der Waals surface area contributed by atoms with Gasteiger partial charge in [-0.05, 0) is 12.1 Å². The monoisotopic (exact) mass is 348 g/mol. The molecule has 2 aromatic heterocycles. The molecule has 0 unspecified atom stereocenters. The summed E-state index contributed by atoms with van der Waals surface area (Å²) in [6, 6.07) is 16.1. The van der Waals surface area contributed by atoms with Crippen LogP contribution in [0.15, 0.2) is 60.1 Å². The second-order valence-electron chi connectivity index (χ2n) is 5.03. The first-order chi connectivity index (χ1) is 12.2. The van der Waals surface area contributed by atoms with Crippen LogP contribution in [0, 0.1) is 17.2 Å². The molecule has 7 heteroatoms. The molecule has 0 spiro atoms. The molecule has 1 atom stereocenters. The molecule has 0 saturated heterocycles. The number of nitrogens with one attached hydrogen (secondary N) is 1. The average Bonchev–Trinajstić information content (AvgIpc) is 3.14.